The minimum atomic E-state index is -0.875. The highest BCUT2D eigenvalue weighted by atomic mass is 32.1. The van der Waals surface area contributed by atoms with Gasteiger partial charge in [0.05, 0.1) is 5.01 Å². The van der Waals surface area contributed by atoms with Crippen LogP contribution in [0.25, 0.3) is 0 Å². The Morgan fingerprint density at radius 1 is 1.23 bits per heavy atom. The molecule has 1 aromatic rings. The number of fused-ring (bicyclic) bond motifs is 1. The maximum atomic E-state index is 12.9. The Morgan fingerprint density at radius 3 is 2.73 bits per heavy atom. The molecule has 6 heteroatoms. The first-order valence-electron chi connectivity index (χ1n) is 8.16. The van der Waals surface area contributed by atoms with Crippen molar-refractivity contribution in [3.05, 3.63) is 16.1 Å². The zero-order chi connectivity index (χ0) is 15.3. The van der Waals surface area contributed by atoms with Crippen LogP contribution in [-0.2, 0) is 4.79 Å². The smallest absolute Gasteiger partial charge is 0.326 e. The Bertz CT molecular complexity index is 610. The Hall–Kier alpha value is -1.43. The summed E-state index contributed by atoms with van der Waals surface area (Å²) in [5.74, 6) is -0.173. The largest absolute Gasteiger partial charge is 0.480 e. The first-order chi connectivity index (χ1) is 10.6. The number of hydrogen-bond acceptors (Lipinski definition) is 4. The van der Waals surface area contributed by atoms with Crippen molar-refractivity contribution in [1.29, 1.82) is 0 Å². The van der Waals surface area contributed by atoms with E-state index >= 15 is 0 Å². The van der Waals surface area contributed by atoms with E-state index in [4.69, 9.17) is 0 Å². The number of carbonyl (C=O) groups excluding carboxylic acids is 1. The molecule has 3 aliphatic rings. The van der Waals surface area contributed by atoms with E-state index in [1.165, 1.54) is 0 Å². The van der Waals surface area contributed by atoms with Crippen molar-refractivity contribution >= 4 is 23.2 Å². The second kappa shape index (κ2) is 5.33. The molecular weight excluding hydrogens is 300 g/mol. The van der Waals surface area contributed by atoms with Crippen LogP contribution in [0.3, 0.4) is 0 Å². The van der Waals surface area contributed by atoms with Gasteiger partial charge in [0.25, 0.3) is 5.91 Å². The molecule has 22 heavy (non-hydrogen) atoms. The van der Waals surface area contributed by atoms with E-state index in [-0.39, 0.29) is 11.9 Å². The highest BCUT2D eigenvalue weighted by Crippen LogP contribution is 2.43. The van der Waals surface area contributed by atoms with Gasteiger partial charge in [0.1, 0.15) is 11.7 Å². The van der Waals surface area contributed by atoms with Crippen molar-refractivity contribution in [2.75, 3.05) is 0 Å². The van der Waals surface area contributed by atoms with Gasteiger partial charge in [-0.15, -0.1) is 11.3 Å². The molecule has 3 atom stereocenters. The van der Waals surface area contributed by atoms with Gasteiger partial charge < -0.3 is 10.0 Å². The Kier molecular flexibility index (Phi) is 3.44. The van der Waals surface area contributed by atoms with E-state index in [9.17, 15) is 14.7 Å². The molecule has 1 amide bonds. The van der Waals surface area contributed by atoms with E-state index in [0.29, 0.717) is 24.0 Å². The summed E-state index contributed by atoms with van der Waals surface area (Å²) in [6, 6.07) is -0.583. The van der Waals surface area contributed by atoms with E-state index < -0.39 is 12.0 Å². The number of nitrogens with zero attached hydrogens (tertiary/aromatic N) is 2. The number of thiazole rings is 1. The zero-order valence-corrected chi connectivity index (χ0v) is 13.2. The molecule has 2 saturated carbocycles. The topological polar surface area (TPSA) is 70.5 Å². The van der Waals surface area contributed by atoms with E-state index in [0.717, 1.165) is 43.5 Å². The van der Waals surface area contributed by atoms with Crippen molar-refractivity contribution in [1.82, 2.24) is 9.88 Å². The highest BCUT2D eigenvalue weighted by Gasteiger charge is 2.48. The summed E-state index contributed by atoms with van der Waals surface area (Å²) in [7, 11) is 0. The van der Waals surface area contributed by atoms with Crippen LogP contribution < -0.4 is 0 Å². The van der Waals surface area contributed by atoms with E-state index in [1.54, 1.807) is 16.2 Å². The van der Waals surface area contributed by atoms with Crippen molar-refractivity contribution in [3.8, 4) is 0 Å². The molecule has 0 radical (unpaired) electrons. The summed E-state index contributed by atoms with van der Waals surface area (Å²) in [6.07, 6.45) is 7.13. The first-order valence-corrected chi connectivity index (χ1v) is 9.04. The van der Waals surface area contributed by atoms with Gasteiger partial charge in [0, 0.05) is 17.3 Å². The lowest BCUT2D eigenvalue weighted by Crippen LogP contribution is -2.46. The van der Waals surface area contributed by atoms with Crippen LogP contribution in [0, 0.1) is 5.92 Å². The zero-order valence-electron chi connectivity index (χ0n) is 12.4. The van der Waals surface area contributed by atoms with Gasteiger partial charge in [-0.3, -0.25) is 4.79 Å². The second-order valence-electron chi connectivity index (χ2n) is 6.76. The number of hydrogen-bond donors (Lipinski definition) is 1. The number of aliphatic carboxylic acids is 1. The van der Waals surface area contributed by atoms with Gasteiger partial charge in [-0.1, -0.05) is 12.8 Å². The van der Waals surface area contributed by atoms with Crippen molar-refractivity contribution in [2.24, 2.45) is 5.92 Å². The normalized spacial score (nSPS) is 31.1. The van der Waals surface area contributed by atoms with Crippen LogP contribution in [0.1, 0.15) is 66.4 Å². The van der Waals surface area contributed by atoms with Crippen molar-refractivity contribution < 1.29 is 14.7 Å². The molecule has 118 valence electrons. The van der Waals surface area contributed by atoms with Gasteiger partial charge in [0.2, 0.25) is 0 Å². The molecular formula is C16H20N2O3S. The molecule has 2 aliphatic carbocycles. The molecule has 2 heterocycles. The van der Waals surface area contributed by atoms with Gasteiger partial charge in [-0.05, 0) is 38.0 Å². The summed E-state index contributed by atoms with van der Waals surface area (Å²) in [4.78, 5) is 30.6. The average molecular weight is 320 g/mol. The van der Waals surface area contributed by atoms with E-state index in [1.807, 2.05) is 5.38 Å². The highest BCUT2D eigenvalue weighted by molar-refractivity contribution is 7.10. The number of carbonyl (C=O) groups is 2. The van der Waals surface area contributed by atoms with Crippen LogP contribution in [-0.4, -0.2) is 39.0 Å². The minimum Gasteiger partial charge on any atom is -0.480 e. The van der Waals surface area contributed by atoms with Gasteiger partial charge in [-0.2, -0.15) is 0 Å². The fourth-order valence-corrected chi connectivity index (χ4v) is 4.97. The molecule has 1 N–H and O–H groups in total. The third-order valence-corrected chi connectivity index (χ3v) is 6.28. The minimum absolute atomic E-state index is 0.0911. The number of amides is 1. The molecule has 0 aromatic carbocycles. The lowest BCUT2D eigenvalue weighted by Gasteiger charge is -2.32. The summed E-state index contributed by atoms with van der Waals surface area (Å²) in [6.45, 7) is 0. The molecule has 1 aromatic heterocycles. The monoisotopic (exact) mass is 320 g/mol. The number of rotatable bonds is 3. The Morgan fingerprint density at radius 2 is 2.00 bits per heavy atom. The lowest BCUT2D eigenvalue weighted by atomic mass is 9.84. The molecule has 1 aliphatic heterocycles. The Balaban J connectivity index is 1.61. The SMILES string of the molecule is O=C(O)[C@@H]1C[C@@H]2CCCC[C@H]2N1C(=O)c1csc(C2CC2)n1. The predicted molar refractivity (Wildman–Crippen MR) is 82.0 cm³/mol. The second-order valence-corrected chi connectivity index (χ2v) is 7.65. The van der Waals surface area contributed by atoms with Crippen LogP contribution >= 0.6 is 11.3 Å². The summed E-state index contributed by atoms with van der Waals surface area (Å²) in [5.41, 5.74) is 0.448. The molecule has 1 saturated heterocycles. The predicted octanol–water partition coefficient (Wildman–Crippen LogP) is 2.88. The third-order valence-electron chi connectivity index (χ3n) is 5.28. The number of aromatic nitrogens is 1. The lowest BCUT2D eigenvalue weighted by molar-refractivity contribution is -0.141. The van der Waals surface area contributed by atoms with Crippen molar-refractivity contribution in [3.63, 3.8) is 0 Å². The maximum Gasteiger partial charge on any atom is 0.326 e. The van der Waals surface area contributed by atoms with E-state index in [2.05, 4.69) is 4.98 Å². The molecule has 0 spiro atoms. The summed E-state index contributed by atoms with van der Waals surface area (Å²) >= 11 is 1.54. The van der Waals surface area contributed by atoms with Crippen LogP contribution in [0.4, 0.5) is 0 Å². The van der Waals surface area contributed by atoms with Crippen molar-refractivity contribution in [2.45, 2.75) is 62.9 Å². The molecule has 4 rings (SSSR count). The van der Waals surface area contributed by atoms with Crippen LogP contribution in [0.15, 0.2) is 5.38 Å². The summed E-state index contributed by atoms with van der Waals surface area (Å²) in [5, 5.41) is 12.4. The fourth-order valence-electron chi connectivity index (χ4n) is 4.01. The van der Waals surface area contributed by atoms with Crippen LogP contribution in [0.2, 0.25) is 0 Å². The number of carboxylic acid groups (broad SMARTS) is 1. The molecule has 0 bridgehead atoms. The molecule has 0 unspecified atom stereocenters. The van der Waals surface area contributed by atoms with Gasteiger partial charge in [0.15, 0.2) is 0 Å². The Labute approximate surface area is 133 Å². The van der Waals surface area contributed by atoms with Gasteiger partial charge >= 0.3 is 5.97 Å². The maximum absolute atomic E-state index is 12.9. The summed E-state index contributed by atoms with van der Waals surface area (Å²) < 4.78 is 0. The number of likely N-dealkylation sites (tertiary alicyclic amines) is 1. The van der Waals surface area contributed by atoms with Gasteiger partial charge in [-0.25, -0.2) is 9.78 Å². The number of carboxylic acids is 1. The first kappa shape index (κ1) is 14.2. The fraction of sp³-hybridized carbons (Fsp3) is 0.688. The third kappa shape index (κ3) is 2.33. The average Bonchev–Trinajstić information content (AvgIpc) is 3.12. The molecule has 3 fully saturated rings. The standard InChI is InChI=1S/C16H20N2O3S/c19-15(11-8-22-14(17-11)9-5-6-9)18-12-4-2-1-3-10(12)7-13(18)16(20)21/h8-10,12-13H,1-7H2,(H,20,21)/t10-,12+,13-/m0/s1. The molecule has 5 nitrogen and oxygen atoms in total. The van der Waals surface area contributed by atoms with Crippen LogP contribution in [0.5, 0.6) is 0 Å². The quantitative estimate of drug-likeness (QED) is 0.929.